The molecule has 0 spiro atoms. The molecule has 1 aliphatic heterocycles. The van der Waals surface area contributed by atoms with Crippen molar-refractivity contribution in [2.75, 3.05) is 26.3 Å². The molecule has 0 unspecified atom stereocenters. The minimum Gasteiger partial charge on any atom is -0.481 e. The van der Waals surface area contributed by atoms with Crippen LogP contribution in [-0.2, 0) is 9.59 Å². The first-order valence-electron chi connectivity index (χ1n) is 20.0. The van der Waals surface area contributed by atoms with Gasteiger partial charge in [0.05, 0.1) is 5.41 Å². The number of fused-ring (bicyclic) bond motifs is 7. The second-order valence-corrected chi connectivity index (χ2v) is 19.4. The number of hydrogen-bond donors (Lipinski definition) is 2. The number of alkyl halides is 1. The fourth-order valence-corrected chi connectivity index (χ4v) is 14.5. The molecule has 1 amide bonds. The zero-order chi connectivity index (χ0) is 35.2. The van der Waals surface area contributed by atoms with Crippen LogP contribution in [0.2, 0.25) is 0 Å². The van der Waals surface area contributed by atoms with Crippen LogP contribution < -0.4 is 5.32 Å². The Labute approximate surface area is 296 Å². The van der Waals surface area contributed by atoms with E-state index in [4.69, 9.17) is 0 Å². The van der Waals surface area contributed by atoms with Gasteiger partial charge in [-0.1, -0.05) is 58.9 Å². The Morgan fingerprint density at radius 3 is 2.37 bits per heavy atom. The first kappa shape index (κ1) is 35.5. The third-order valence-electron chi connectivity index (χ3n) is 17.3. The largest absolute Gasteiger partial charge is 0.481 e. The highest BCUT2D eigenvalue weighted by Gasteiger charge is 2.70. The molecule has 272 valence electrons. The van der Waals surface area contributed by atoms with Crippen molar-refractivity contribution in [3.8, 4) is 0 Å². The highest BCUT2D eigenvalue weighted by molar-refractivity contribution is 5.78. The Hall–Kier alpha value is -1.95. The Morgan fingerprint density at radius 2 is 1.73 bits per heavy atom. The van der Waals surface area contributed by atoms with Crippen molar-refractivity contribution in [1.82, 2.24) is 10.2 Å². The molecule has 5 fully saturated rings. The van der Waals surface area contributed by atoms with Gasteiger partial charge >= 0.3 is 5.97 Å². The molecule has 1 heterocycles. The molecule has 1 saturated heterocycles. The Balaban J connectivity index is 1.16. The van der Waals surface area contributed by atoms with Crippen LogP contribution in [0.15, 0.2) is 35.5 Å². The molecule has 0 aromatic carbocycles. The van der Waals surface area contributed by atoms with Gasteiger partial charge in [-0.3, -0.25) is 9.59 Å². The standard InChI is InChI=1S/C43H65FN2O3/c1-28(2)30-14-21-43(45-24-26-46-25-8-9-35(46)47)23-22-40(6)32(36(30)43)10-11-34-39(5)17-15-31(38(3,4)33(39)16-18-41(34,40)7)29-12-19-42(27-44,20-13-29)37(48)49/h12,15,30,32-34,36,45H,1,8-11,13-14,16-27H2,2-7H3,(H,48,49)/t30-,32+,33-,34+,36+,39-,40+,41+,42-,43-/m0/s1. The lowest BCUT2D eigenvalue weighted by Gasteiger charge is -2.72. The summed E-state index contributed by atoms with van der Waals surface area (Å²) in [6.07, 6.45) is 18.8. The fourth-order valence-electron chi connectivity index (χ4n) is 14.5. The summed E-state index contributed by atoms with van der Waals surface area (Å²) in [7, 11) is 0. The van der Waals surface area contributed by atoms with Gasteiger partial charge in [-0.05, 0) is 153 Å². The molecule has 4 saturated carbocycles. The highest BCUT2D eigenvalue weighted by atomic mass is 19.1. The van der Waals surface area contributed by atoms with Crippen LogP contribution in [0.1, 0.15) is 131 Å². The van der Waals surface area contributed by atoms with Crippen molar-refractivity contribution >= 4 is 11.9 Å². The number of hydrogen-bond acceptors (Lipinski definition) is 3. The summed E-state index contributed by atoms with van der Waals surface area (Å²) in [4.78, 5) is 26.4. The molecular weight excluding hydrogens is 611 g/mol. The topological polar surface area (TPSA) is 69.6 Å². The molecule has 49 heavy (non-hydrogen) atoms. The summed E-state index contributed by atoms with van der Waals surface area (Å²) in [5.74, 6) is 2.41. The zero-order valence-electron chi connectivity index (χ0n) is 31.6. The average molecular weight is 677 g/mol. The second-order valence-electron chi connectivity index (χ2n) is 19.4. The van der Waals surface area contributed by atoms with E-state index in [9.17, 15) is 19.1 Å². The van der Waals surface area contributed by atoms with Crippen molar-refractivity contribution in [1.29, 1.82) is 0 Å². The number of likely N-dealkylation sites (tertiary alicyclic amines) is 1. The van der Waals surface area contributed by atoms with E-state index in [1.807, 2.05) is 0 Å². The van der Waals surface area contributed by atoms with E-state index in [0.717, 1.165) is 32.5 Å². The Morgan fingerprint density at radius 1 is 0.959 bits per heavy atom. The maximum atomic E-state index is 14.0. The van der Waals surface area contributed by atoms with Gasteiger partial charge in [0.15, 0.2) is 0 Å². The van der Waals surface area contributed by atoms with Crippen LogP contribution >= 0.6 is 0 Å². The number of allylic oxidation sites excluding steroid dienone is 5. The van der Waals surface area contributed by atoms with Gasteiger partial charge in [0, 0.05) is 31.6 Å². The maximum Gasteiger partial charge on any atom is 0.312 e. The smallest absolute Gasteiger partial charge is 0.312 e. The van der Waals surface area contributed by atoms with Gasteiger partial charge in [0.25, 0.3) is 0 Å². The van der Waals surface area contributed by atoms with Gasteiger partial charge in [-0.15, -0.1) is 0 Å². The molecule has 6 heteroatoms. The second kappa shape index (κ2) is 12.1. The van der Waals surface area contributed by atoms with Crippen LogP contribution in [0.5, 0.6) is 0 Å². The molecule has 0 bridgehead atoms. The third-order valence-corrected chi connectivity index (χ3v) is 17.3. The summed E-state index contributed by atoms with van der Waals surface area (Å²) < 4.78 is 14.0. The van der Waals surface area contributed by atoms with Crippen molar-refractivity contribution in [2.24, 2.45) is 56.7 Å². The van der Waals surface area contributed by atoms with Gasteiger partial charge in [0.2, 0.25) is 5.91 Å². The molecule has 7 rings (SSSR count). The Kier molecular flexibility index (Phi) is 8.72. The number of carbonyl (C=O) groups is 2. The lowest BCUT2D eigenvalue weighted by molar-refractivity contribution is -0.221. The molecular formula is C43H65FN2O3. The Bertz CT molecular complexity index is 1450. The van der Waals surface area contributed by atoms with E-state index in [-0.39, 0.29) is 27.2 Å². The predicted molar refractivity (Wildman–Crippen MR) is 195 cm³/mol. The molecule has 2 N–H and O–H groups in total. The number of nitrogens with zero attached hydrogens (tertiary/aromatic N) is 1. The van der Waals surface area contributed by atoms with E-state index in [0.29, 0.717) is 61.2 Å². The van der Waals surface area contributed by atoms with E-state index in [1.54, 1.807) is 0 Å². The minimum atomic E-state index is -1.25. The number of carboxylic acid groups (broad SMARTS) is 1. The molecule has 6 aliphatic carbocycles. The quantitative estimate of drug-likeness (QED) is 0.252. The van der Waals surface area contributed by atoms with Gasteiger partial charge in [-0.25, -0.2) is 4.39 Å². The molecule has 0 aromatic heterocycles. The lowest BCUT2D eigenvalue weighted by atomic mass is 9.33. The highest BCUT2D eigenvalue weighted by Crippen LogP contribution is 2.76. The first-order chi connectivity index (χ1) is 23.1. The number of carbonyl (C=O) groups excluding carboxylic acids is 1. The summed E-state index contributed by atoms with van der Waals surface area (Å²) >= 11 is 0. The summed E-state index contributed by atoms with van der Waals surface area (Å²) in [5, 5.41) is 14.0. The number of amides is 1. The van der Waals surface area contributed by atoms with E-state index in [2.05, 4.69) is 70.5 Å². The third kappa shape index (κ3) is 5.05. The molecule has 5 nitrogen and oxygen atoms in total. The minimum absolute atomic E-state index is 0.00425. The summed E-state index contributed by atoms with van der Waals surface area (Å²) in [6.45, 7) is 21.7. The van der Waals surface area contributed by atoms with Crippen LogP contribution in [0, 0.1) is 56.7 Å². The predicted octanol–water partition coefficient (Wildman–Crippen LogP) is 9.30. The molecule has 10 atom stereocenters. The van der Waals surface area contributed by atoms with Crippen LogP contribution in [0.3, 0.4) is 0 Å². The number of nitrogens with one attached hydrogen (secondary N) is 1. The number of halogens is 1. The number of aliphatic carboxylic acids is 1. The fraction of sp³-hybridized carbons (Fsp3) is 0.814. The van der Waals surface area contributed by atoms with Crippen LogP contribution in [0.25, 0.3) is 0 Å². The van der Waals surface area contributed by atoms with Crippen LogP contribution in [-0.4, -0.2) is 53.7 Å². The van der Waals surface area contributed by atoms with Gasteiger partial charge in [-0.2, -0.15) is 0 Å². The van der Waals surface area contributed by atoms with Crippen molar-refractivity contribution in [3.63, 3.8) is 0 Å². The van der Waals surface area contributed by atoms with E-state index in [1.165, 1.54) is 68.1 Å². The number of carboxylic acids is 1. The first-order valence-corrected chi connectivity index (χ1v) is 20.0. The molecule has 7 aliphatic rings. The zero-order valence-corrected chi connectivity index (χ0v) is 31.6. The molecule has 0 radical (unpaired) electrons. The van der Waals surface area contributed by atoms with E-state index < -0.39 is 18.1 Å². The SMILES string of the molecule is C=C(C)[C@@H]1CC[C@]2(NCCN3CCCC3=O)CC[C@]3(C)[C@H](CC[C@@H]4[C@@]5(C)CC=C(C6=CC[C@](CF)(C(=O)O)CC6)C(C)(C)[C@@H]5CC[C@]43C)[C@@H]12. The van der Waals surface area contributed by atoms with Gasteiger partial charge in [0.1, 0.15) is 6.67 Å². The number of rotatable bonds is 8. The molecule has 0 aromatic rings. The van der Waals surface area contributed by atoms with Crippen LogP contribution in [0.4, 0.5) is 4.39 Å². The maximum absolute atomic E-state index is 14.0. The lowest BCUT2D eigenvalue weighted by Crippen LogP contribution is -2.68. The van der Waals surface area contributed by atoms with Gasteiger partial charge < -0.3 is 15.3 Å². The summed E-state index contributed by atoms with van der Waals surface area (Å²) in [5.41, 5.74) is 3.71. The summed E-state index contributed by atoms with van der Waals surface area (Å²) in [6, 6.07) is 0. The normalized spacial score (nSPS) is 45.8. The average Bonchev–Trinajstić information content (AvgIpc) is 3.65. The van der Waals surface area contributed by atoms with Crippen molar-refractivity contribution in [3.05, 3.63) is 35.5 Å². The van der Waals surface area contributed by atoms with Crippen molar-refractivity contribution in [2.45, 2.75) is 137 Å². The monoisotopic (exact) mass is 676 g/mol. The van der Waals surface area contributed by atoms with E-state index >= 15 is 0 Å². The van der Waals surface area contributed by atoms with Crippen molar-refractivity contribution < 1.29 is 19.1 Å².